The lowest BCUT2D eigenvalue weighted by molar-refractivity contribution is -0.383. The lowest BCUT2D eigenvalue weighted by Gasteiger charge is -2.12. The molecule has 9 nitrogen and oxygen atoms in total. The van der Waals surface area contributed by atoms with Crippen molar-refractivity contribution in [1.29, 1.82) is 0 Å². The van der Waals surface area contributed by atoms with Gasteiger partial charge in [0, 0.05) is 5.69 Å². The van der Waals surface area contributed by atoms with E-state index in [2.05, 4.69) is 40.0 Å². The Labute approximate surface area is 177 Å². The molecule has 0 aliphatic carbocycles. The lowest BCUT2D eigenvalue weighted by Crippen LogP contribution is -2.30. The van der Waals surface area contributed by atoms with Crippen molar-refractivity contribution >= 4 is 40.5 Å². The van der Waals surface area contributed by atoms with Gasteiger partial charge in [-0.3, -0.25) is 25.8 Å². The number of hydrogen-bond donors (Lipinski definition) is 3. The van der Waals surface area contributed by atoms with Crippen molar-refractivity contribution in [2.75, 3.05) is 10.7 Å². The van der Waals surface area contributed by atoms with Crippen LogP contribution in [0.25, 0.3) is 0 Å². The van der Waals surface area contributed by atoms with Crippen LogP contribution in [0.15, 0.2) is 54.9 Å². The topological polar surface area (TPSA) is 122 Å². The van der Waals surface area contributed by atoms with Gasteiger partial charge in [0.2, 0.25) is 11.6 Å². The van der Waals surface area contributed by atoms with E-state index in [1.54, 1.807) is 18.2 Å². The van der Waals surface area contributed by atoms with Crippen LogP contribution in [0.2, 0.25) is 5.02 Å². The van der Waals surface area contributed by atoms with E-state index < -0.39 is 16.5 Å². The normalized spacial score (nSPS) is 10.5. The number of aromatic nitrogens is 2. The molecule has 2 aromatic carbocycles. The second kappa shape index (κ2) is 9.19. The molecule has 30 heavy (non-hydrogen) atoms. The second-order valence-electron chi connectivity index (χ2n) is 6.64. The van der Waals surface area contributed by atoms with Crippen LogP contribution in [0, 0.1) is 10.1 Å². The Morgan fingerprint density at radius 3 is 2.37 bits per heavy atom. The first-order chi connectivity index (χ1) is 14.4. The summed E-state index contributed by atoms with van der Waals surface area (Å²) in [5, 5.41) is 14.8. The smallest absolute Gasteiger partial charge is 0.334 e. The van der Waals surface area contributed by atoms with Gasteiger partial charge < -0.3 is 5.32 Å². The molecule has 0 bridgehead atoms. The molecule has 3 N–H and O–H groups in total. The molecule has 0 aliphatic rings. The minimum Gasteiger partial charge on any atom is -0.334 e. The minimum absolute atomic E-state index is 0.0122. The number of benzene rings is 2. The Morgan fingerprint density at radius 1 is 1.07 bits per heavy atom. The molecule has 1 heterocycles. The third-order valence-electron chi connectivity index (χ3n) is 4.26. The van der Waals surface area contributed by atoms with Crippen molar-refractivity contribution in [2.45, 2.75) is 19.8 Å². The number of rotatable bonds is 7. The van der Waals surface area contributed by atoms with E-state index in [-0.39, 0.29) is 22.2 Å². The van der Waals surface area contributed by atoms with Gasteiger partial charge in [0.05, 0.1) is 15.5 Å². The third kappa shape index (κ3) is 4.81. The standard InChI is InChI=1S/C20H19ClN6O3/c1-12(2)13-7-9-14(10-8-13)24-18-17(27(29)30)19(23-11-22-18)25-26-20(28)15-5-3-4-6-16(15)21/h3-12H,1-2H3,(H,26,28)(H2,22,23,24,25). The quantitative estimate of drug-likeness (QED) is 0.371. The predicted octanol–water partition coefficient (Wildman–Crippen LogP) is 4.66. The van der Waals surface area contributed by atoms with Crippen molar-refractivity contribution < 1.29 is 9.72 Å². The van der Waals surface area contributed by atoms with E-state index in [0.29, 0.717) is 11.6 Å². The summed E-state index contributed by atoms with van der Waals surface area (Å²) in [5.74, 6) is -0.379. The van der Waals surface area contributed by atoms with Gasteiger partial charge in [-0.05, 0) is 35.7 Å². The lowest BCUT2D eigenvalue weighted by atomic mass is 10.0. The number of amides is 1. The van der Waals surface area contributed by atoms with Gasteiger partial charge in [-0.1, -0.05) is 49.7 Å². The van der Waals surface area contributed by atoms with E-state index >= 15 is 0 Å². The Morgan fingerprint density at radius 2 is 1.73 bits per heavy atom. The summed E-state index contributed by atoms with van der Waals surface area (Å²) in [6, 6.07) is 13.9. The van der Waals surface area contributed by atoms with Crippen LogP contribution in [0.4, 0.5) is 23.0 Å². The van der Waals surface area contributed by atoms with Crippen molar-refractivity contribution in [1.82, 2.24) is 15.4 Å². The average molecular weight is 427 g/mol. The Bertz CT molecular complexity index is 1070. The van der Waals surface area contributed by atoms with Gasteiger partial charge >= 0.3 is 5.69 Å². The summed E-state index contributed by atoms with van der Waals surface area (Å²) in [5.41, 5.74) is 6.42. The monoisotopic (exact) mass is 426 g/mol. The number of anilines is 3. The summed E-state index contributed by atoms with van der Waals surface area (Å²) in [4.78, 5) is 31.2. The molecule has 1 amide bonds. The Hall–Kier alpha value is -3.72. The maximum atomic E-state index is 12.3. The fourth-order valence-corrected chi connectivity index (χ4v) is 2.87. The molecule has 0 fully saturated rings. The fraction of sp³-hybridized carbons (Fsp3) is 0.150. The Kier molecular flexibility index (Phi) is 6.43. The summed E-state index contributed by atoms with van der Waals surface area (Å²) >= 11 is 6.00. The zero-order valence-electron chi connectivity index (χ0n) is 16.2. The summed E-state index contributed by atoms with van der Waals surface area (Å²) in [7, 11) is 0. The van der Waals surface area contributed by atoms with Gasteiger partial charge in [-0.15, -0.1) is 0 Å². The predicted molar refractivity (Wildman–Crippen MR) is 115 cm³/mol. The molecule has 0 atom stereocenters. The molecule has 154 valence electrons. The number of halogens is 1. The van der Waals surface area contributed by atoms with Crippen LogP contribution in [-0.4, -0.2) is 20.8 Å². The van der Waals surface area contributed by atoms with Crippen LogP contribution < -0.4 is 16.2 Å². The molecule has 0 saturated carbocycles. The molecule has 0 radical (unpaired) electrons. The zero-order valence-corrected chi connectivity index (χ0v) is 17.0. The molecule has 0 spiro atoms. The molecular weight excluding hydrogens is 408 g/mol. The highest BCUT2D eigenvalue weighted by Gasteiger charge is 2.24. The van der Waals surface area contributed by atoms with E-state index in [0.717, 1.165) is 11.9 Å². The molecule has 3 rings (SSSR count). The highest BCUT2D eigenvalue weighted by Crippen LogP contribution is 2.31. The van der Waals surface area contributed by atoms with Crippen LogP contribution in [-0.2, 0) is 0 Å². The summed E-state index contributed by atoms with van der Waals surface area (Å²) in [6.07, 6.45) is 1.15. The number of nitrogens with one attached hydrogen (secondary N) is 3. The molecule has 0 unspecified atom stereocenters. The molecule has 3 aromatic rings. The largest absolute Gasteiger partial charge is 0.355 e. The number of hydrazine groups is 1. The SMILES string of the molecule is CC(C)c1ccc(Nc2ncnc(NNC(=O)c3ccccc3Cl)c2[N+](=O)[O-])cc1. The summed E-state index contributed by atoms with van der Waals surface area (Å²) in [6.45, 7) is 4.15. The number of nitro groups is 1. The average Bonchev–Trinajstić information content (AvgIpc) is 2.72. The maximum Gasteiger partial charge on any atom is 0.355 e. The van der Waals surface area contributed by atoms with Crippen molar-refractivity contribution in [3.8, 4) is 0 Å². The Balaban J connectivity index is 1.81. The van der Waals surface area contributed by atoms with Crippen molar-refractivity contribution in [3.63, 3.8) is 0 Å². The first-order valence-electron chi connectivity index (χ1n) is 9.04. The minimum atomic E-state index is -0.630. The highest BCUT2D eigenvalue weighted by atomic mass is 35.5. The number of hydrogen-bond acceptors (Lipinski definition) is 7. The van der Waals surface area contributed by atoms with Crippen LogP contribution in [0.3, 0.4) is 0 Å². The van der Waals surface area contributed by atoms with Crippen LogP contribution in [0.1, 0.15) is 35.7 Å². The molecule has 0 aliphatic heterocycles. The van der Waals surface area contributed by atoms with Crippen LogP contribution >= 0.6 is 11.6 Å². The highest BCUT2D eigenvalue weighted by molar-refractivity contribution is 6.33. The van der Waals surface area contributed by atoms with Gasteiger partial charge in [0.25, 0.3) is 5.91 Å². The first-order valence-corrected chi connectivity index (χ1v) is 9.42. The summed E-state index contributed by atoms with van der Waals surface area (Å²) < 4.78 is 0. The third-order valence-corrected chi connectivity index (χ3v) is 4.59. The van der Waals surface area contributed by atoms with Gasteiger partial charge in [-0.25, -0.2) is 9.97 Å². The molecule has 10 heteroatoms. The first kappa shape index (κ1) is 21.0. The van der Waals surface area contributed by atoms with E-state index in [1.165, 1.54) is 6.07 Å². The van der Waals surface area contributed by atoms with Gasteiger partial charge in [0.1, 0.15) is 6.33 Å². The van der Waals surface area contributed by atoms with E-state index in [4.69, 9.17) is 11.6 Å². The number of carbonyl (C=O) groups excluding carboxylic acids is 1. The number of carbonyl (C=O) groups is 1. The van der Waals surface area contributed by atoms with Gasteiger partial charge in [0.15, 0.2) is 0 Å². The fourth-order valence-electron chi connectivity index (χ4n) is 2.65. The molecule has 0 saturated heterocycles. The number of nitrogens with zero attached hydrogens (tertiary/aromatic N) is 3. The maximum absolute atomic E-state index is 12.3. The molecule has 1 aromatic heterocycles. The zero-order chi connectivity index (χ0) is 21.7. The van der Waals surface area contributed by atoms with E-state index in [9.17, 15) is 14.9 Å². The van der Waals surface area contributed by atoms with E-state index in [1.807, 2.05) is 24.3 Å². The van der Waals surface area contributed by atoms with Crippen molar-refractivity contribution in [3.05, 3.63) is 81.1 Å². The second-order valence-corrected chi connectivity index (χ2v) is 7.04. The molecular formula is C20H19ClN6O3. The van der Waals surface area contributed by atoms with Crippen LogP contribution in [0.5, 0.6) is 0 Å². The van der Waals surface area contributed by atoms with Crippen molar-refractivity contribution in [2.24, 2.45) is 0 Å². The van der Waals surface area contributed by atoms with Gasteiger partial charge in [-0.2, -0.15) is 0 Å².